The maximum absolute atomic E-state index is 12.2. The second-order valence-electron chi connectivity index (χ2n) is 4.61. The number of ether oxygens (including phenoxy) is 1. The van der Waals surface area contributed by atoms with Crippen molar-refractivity contribution in [3.05, 3.63) is 59.7 Å². The fourth-order valence-corrected chi connectivity index (χ4v) is 2.36. The average molecular weight is 359 g/mol. The van der Waals surface area contributed by atoms with E-state index in [4.69, 9.17) is 0 Å². The average Bonchev–Trinajstić information content (AvgIpc) is 2.53. The van der Waals surface area contributed by atoms with Crippen LogP contribution in [0.3, 0.4) is 0 Å². The number of halogens is 4. The lowest BCUT2D eigenvalue weighted by molar-refractivity contribution is -0.0498. The van der Waals surface area contributed by atoms with Gasteiger partial charge < -0.3 is 10.1 Å². The molecular formula is C16H13F4NO2S. The summed E-state index contributed by atoms with van der Waals surface area (Å²) in [5.41, 5.74) is 1.04. The van der Waals surface area contributed by atoms with Crippen LogP contribution in [0, 0.1) is 0 Å². The highest BCUT2D eigenvalue weighted by molar-refractivity contribution is 7.99. The monoisotopic (exact) mass is 359 g/mol. The lowest BCUT2D eigenvalue weighted by Gasteiger charge is -2.08. The molecule has 0 spiro atoms. The lowest BCUT2D eigenvalue weighted by Crippen LogP contribution is -2.22. The molecule has 8 heteroatoms. The van der Waals surface area contributed by atoms with Crippen molar-refractivity contribution >= 4 is 17.7 Å². The zero-order chi connectivity index (χ0) is 17.5. The van der Waals surface area contributed by atoms with Gasteiger partial charge in [0.15, 0.2) is 0 Å². The number of carbonyl (C=O) groups is 1. The van der Waals surface area contributed by atoms with E-state index in [2.05, 4.69) is 10.1 Å². The zero-order valence-corrected chi connectivity index (χ0v) is 13.0. The van der Waals surface area contributed by atoms with E-state index < -0.39 is 12.4 Å². The molecule has 0 atom stereocenters. The Hall–Kier alpha value is -2.22. The van der Waals surface area contributed by atoms with Crippen LogP contribution < -0.4 is 10.1 Å². The van der Waals surface area contributed by atoms with Gasteiger partial charge in [-0.1, -0.05) is 23.9 Å². The van der Waals surface area contributed by atoms with Gasteiger partial charge in [0.05, 0.1) is 0 Å². The zero-order valence-electron chi connectivity index (χ0n) is 12.2. The third kappa shape index (κ3) is 5.77. The molecule has 2 aromatic carbocycles. The van der Waals surface area contributed by atoms with Crippen LogP contribution in [0.2, 0.25) is 0 Å². The fourth-order valence-electron chi connectivity index (χ4n) is 1.86. The molecule has 0 aromatic heterocycles. The van der Waals surface area contributed by atoms with Gasteiger partial charge in [-0.3, -0.25) is 4.79 Å². The highest BCUT2D eigenvalue weighted by Gasteiger charge is 2.09. The van der Waals surface area contributed by atoms with Crippen molar-refractivity contribution < 1.29 is 27.1 Å². The number of alkyl halides is 4. The SMILES string of the molecule is O=C(NCc1ccc(OC(F)F)cc1)c1ccc(SC(F)F)cc1. The summed E-state index contributed by atoms with van der Waals surface area (Å²) in [7, 11) is 0. The molecule has 1 N–H and O–H groups in total. The van der Waals surface area contributed by atoms with Crippen LogP contribution in [0.4, 0.5) is 17.6 Å². The quantitative estimate of drug-likeness (QED) is 0.583. The van der Waals surface area contributed by atoms with Gasteiger partial charge in [-0.05, 0) is 42.0 Å². The first-order valence-electron chi connectivity index (χ1n) is 6.81. The van der Waals surface area contributed by atoms with Crippen molar-refractivity contribution in [3.63, 3.8) is 0 Å². The first-order valence-corrected chi connectivity index (χ1v) is 7.69. The lowest BCUT2D eigenvalue weighted by atomic mass is 10.2. The second-order valence-corrected chi connectivity index (χ2v) is 5.67. The first kappa shape index (κ1) is 18.1. The fraction of sp³-hybridized carbons (Fsp3) is 0.188. The number of rotatable bonds is 7. The number of hydrogen-bond donors (Lipinski definition) is 1. The molecule has 0 bridgehead atoms. The highest BCUT2D eigenvalue weighted by atomic mass is 32.2. The largest absolute Gasteiger partial charge is 0.435 e. The number of nitrogens with one attached hydrogen (secondary N) is 1. The Morgan fingerprint density at radius 1 is 1.00 bits per heavy atom. The summed E-state index contributed by atoms with van der Waals surface area (Å²) in [6, 6.07) is 11.7. The van der Waals surface area contributed by atoms with Crippen molar-refractivity contribution in [3.8, 4) is 5.75 Å². The smallest absolute Gasteiger partial charge is 0.387 e. The molecule has 128 valence electrons. The van der Waals surface area contributed by atoms with Gasteiger partial charge in [0.2, 0.25) is 0 Å². The van der Waals surface area contributed by atoms with Crippen molar-refractivity contribution in [2.75, 3.05) is 0 Å². The molecule has 0 radical (unpaired) electrons. The van der Waals surface area contributed by atoms with Gasteiger partial charge in [0.25, 0.3) is 11.7 Å². The number of carbonyl (C=O) groups excluding carboxylic acids is 1. The van der Waals surface area contributed by atoms with Crippen LogP contribution in [0.5, 0.6) is 5.75 Å². The van der Waals surface area contributed by atoms with Gasteiger partial charge in [0, 0.05) is 17.0 Å². The van der Waals surface area contributed by atoms with E-state index in [1.54, 1.807) is 12.1 Å². The van der Waals surface area contributed by atoms with Crippen LogP contribution in [-0.2, 0) is 6.54 Å². The molecule has 0 aliphatic carbocycles. The summed E-state index contributed by atoms with van der Waals surface area (Å²) < 4.78 is 52.7. The van der Waals surface area contributed by atoms with Crippen LogP contribution in [0.15, 0.2) is 53.4 Å². The van der Waals surface area contributed by atoms with Gasteiger partial charge in [-0.15, -0.1) is 0 Å². The molecule has 0 saturated heterocycles. The molecule has 0 aliphatic heterocycles. The van der Waals surface area contributed by atoms with Gasteiger partial charge in [-0.25, -0.2) is 0 Å². The predicted octanol–water partition coefficient (Wildman–Crippen LogP) is 4.53. The number of thioether (sulfide) groups is 1. The molecule has 2 aromatic rings. The minimum absolute atomic E-state index is 0.0344. The predicted molar refractivity (Wildman–Crippen MR) is 82.5 cm³/mol. The topological polar surface area (TPSA) is 38.3 Å². The normalized spacial score (nSPS) is 10.9. The number of hydrogen-bond acceptors (Lipinski definition) is 3. The highest BCUT2D eigenvalue weighted by Crippen LogP contribution is 2.25. The molecule has 0 aliphatic rings. The Balaban J connectivity index is 1.88. The molecular weight excluding hydrogens is 346 g/mol. The van der Waals surface area contributed by atoms with E-state index >= 15 is 0 Å². The maximum Gasteiger partial charge on any atom is 0.387 e. The molecule has 0 fully saturated rings. The number of amides is 1. The van der Waals surface area contributed by atoms with E-state index in [1.807, 2.05) is 0 Å². The van der Waals surface area contributed by atoms with E-state index in [0.717, 1.165) is 0 Å². The third-order valence-corrected chi connectivity index (χ3v) is 3.67. The summed E-state index contributed by atoms with van der Waals surface area (Å²) in [4.78, 5) is 12.3. The van der Waals surface area contributed by atoms with Crippen LogP contribution in [0.25, 0.3) is 0 Å². The van der Waals surface area contributed by atoms with Crippen LogP contribution in [0.1, 0.15) is 15.9 Å². The third-order valence-electron chi connectivity index (χ3n) is 2.94. The van der Waals surface area contributed by atoms with E-state index in [0.29, 0.717) is 27.8 Å². The second kappa shape index (κ2) is 8.58. The van der Waals surface area contributed by atoms with Crippen LogP contribution in [-0.4, -0.2) is 18.3 Å². The standard InChI is InChI=1S/C16H13F4NO2S/c17-15(18)23-12-5-1-10(2-6-12)9-21-14(22)11-3-7-13(8-4-11)24-16(19)20/h1-8,15-16H,9H2,(H,21,22). The summed E-state index contributed by atoms with van der Waals surface area (Å²) >= 11 is 0.404. The van der Waals surface area contributed by atoms with Crippen molar-refractivity contribution in [2.45, 2.75) is 23.8 Å². The summed E-state index contributed by atoms with van der Waals surface area (Å²) in [5, 5.41) is 2.65. The van der Waals surface area contributed by atoms with Gasteiger partial charge >= 0.3 is 6.61 Å². The molecule has 3 nitrogen and oxygen atoms in total. The minimum atomic E-state index is -2.89. The Bertz CT molecular complexity index is 663. The Morgan fingerprint density at radius 3 is 2.17 bits per heavy atom. The minimum Gasteiger partial charge on any atom is -0.435 e. The molecule has 0 unspecified atom stereocenters. The summed E-state index contributed by atoms with van der Waals surface area (Å²) in [6.07, 6.45) is 0. The van der Waals surface area contributed by atoms with E-state index in [-0.39, 0.29) is 18.2 Å². The Labute approximate surface area is 140 Å². The molecule has 2 rings (SSSR count). The Morgan fingerprint density at radius 2 is 1.62 bits per heavy atom. The van der Waals surface area contributed by atoms with Crippen molar-refractivity contribution in [1.82, 2.24) is 5.32 Å². The van der Waals surface area contributed by atoms with E-state index in [9.17, 15) is 22.4 Å². The molecule has 24 heavy (non-hydrogen) atoms. The summed E-state index contributed by atoms with van der Waals surface area (Å²) in [6.45, 7) is -2.69. The van der Waals surface area contributed by atoms with E-state index in [1.165, 1.54) is 36.4 Å². The van der Waals surface area contributed by atoms with Crippen molar-refractivity contribution in [2.24, 2.45) is 0 Å². The van der Waals surface area contributed by atoms with Crippen LogP contribution >= 0.6 is 11.8 Å². The molecule has 1 amide bonds. The van der Waals surface area contributed by atoms with Crippen molar-refractivity contribution in [1.29, 1.82) is 0 Å². The summed E-state index contributed by atoms with van der Waals surface area (Å²) in [5.74, 6) is -2.84. The molecule has 0 heterocycles. The van der Waals surface area contributed by atoms with Gasteiger partial charge in [0.1, 0.15) is 5.75 Å². The Kier molecular flexibility index (Phi) is 6.48. The van der Waals surface area contributed by atoms with Gasteiger partial charge in [-0.2, -0.15) is 17.6 Å². The first-order chi connectivity index (χ1) is 11.4. The number of benzene rings is 2. The maximum atomic E-state index is 12.2. The molecule has 0 saturated carbocycles.